The van der Waals surface area contributed by atoms with E-state index in [0.29, 0.717) is 29.3 Å². The van der Waals surface area contributed by atoms with Crippen molar-refractivity contribution in [2.75, 3.05) is 19.6 Å². The van der Waals surface area contributed by atoms with Crippen LogP contribution in [0, 0.1) is 5.92 Å². The molecule has 1 fully saturated rings. The third kappa shape index (κ3) is 4.28. The van der Waals surface area contributed by atoms with Crippen LogP contribution in [0.4, 0.5) is 0 Å². The molecule has 21 heavy (non-hydrogen) atoms. The van der Waals surface area contributed by atoms with E-state index in [2.05, 4.69) is 26.1 Å². The number of hydrogen-bond donors (Lipinski definition) is 1. The third-order valence-corrected chi connectivity index (χ3v) is 7.44. The van der Waals surface area contributed by atoms with Gasteiger partial charge in [-0.1, -0.05) is 20.8 Å². The van der Waals surface area contributed by atoms with Crippen molar-refractivity contribution in [2.24, 2.45) is 5.92 Å². The lowest BCUT2D eigenvalue weighted by Gasteiger charge is -2.32. The van der Waals surface area contributed by atoms with E-state index in [-0.39, 0.29) is 0 Å². The van der Waals surface area contributed by atoms with Crippen molar-refractivity contribution in [1.29, 1.82) is 0 Å². The van der Waals surface area contributed by atoms with Gasteiger partial charge in [-0.05, 0) is 43.9 Å². The molecule has 0 spiro atoms. The predicted octanol–water partition coefficient (Wildman–Crippen LogP) is 2.71. The molecule has 1 aromatic heterocycles. The molecule has 120 valence electrons. The van der Waals surface area contributed by atoms with Crippen LogP contribution in [-0.4, -0.2) is 38.4 Å². The Morgan fingerprint density at radius 2 is 2.19 bits per heavy atom. The fraction of sp³-hybridized carbons (Fsp3) is 0.733. The standard InChI is InChI=1S/C15H26N2O2S2/c1-4-14-7-8-15(20-14)21(18,19)17-9-5-6-13(11-17)10-16-12(2)3/h7-8,12-13,16H,4-6,9-11H2,1-3H3. The summed E-state index contributed by atoms with van der Waals surface area (Å²) >= 11 is 1.41. The molecule has 1 saturated heterocycles. The average molecular weight is 331 g/mol. The average Bonchev–Trinajstić information content (AvgIpc) is 2.95. The normalized spacial score (nSPS) is 21.0. The van der Waals surface area contributed by atoms with Gasteiger partial charge in [0, 0.05) is 24.0 Å². The van der Waals surface area contributed by atoms with E-state index < -0.39 is 10.0 Å². The van der Waals surface area contributed by atoms with Crippen LogP contribution in [0.2, 0.25) is 0 Å². The van der Waals surface area contributed by atoms with Gasteiger partial charge in [-0.3, -0.25) is 0 Å². The van der Waals surface area contributed by atoms with Crippen LogP contribution >= 0.6 is 11.3 Å². The molecule has 0 aromatic carbocycles. The van der Waals surface area contributed by atoms with E-state index in [1.54, 1.807) is 10.4 Å². The first-order chi connectivity index (χ1) is 9.93. The molecule has 0 bridgehead atoms. The molecule has 1 unspecified atom stereocenters. The van der Waals surface area contributed by atoms with Crippen LogP contribution in [0.3, 0.4) is 0 Å². The number of nitrogens with zero attached hydrogens (tertiary/aromatic N) is 1. The van der Waals surface area contributed by atoms with E-state index in [1.165, 1.54) is 11.3 Å². The van der Waals surface area contributed by atoms with Crippen molar-refractivity contribution in [3.8, 4) is 0 Å². The lowest BCUT2D eigenvalue weighted by molar-refractivity contribution is 0.257. The highest BCUT2D eigenvalue weighted by Gasteiger charge is 2.31. The summed E-state index contributed by atoms with van der Waals surface area (Å²) in [6.07, 6.45) is 2.95. The zero-order valence-electron chi connectivity index (χ0n) is 13.1. The summed E-state index contributed by atoms with van der Waals surface area (Å²) in [4.78, 5) is 1.13. The van der Waals surface area contributed by atoms with Gasteiger partial charge in [-0.15, -0.1) is 11.3 Å². The molecule has 0 aliphatic carbocycles. The molecular formula is C15H26N2O2S2. The van der Waals surface area contributed by atoms with Crippen LogP contribution in [0.15, 0.2) is 16.3 Å². The second kappa shape index (κ2) is 7.22. The highest BCUT2D eigenvalue weighted by Crippen LogP contribution is 2.28. The smallest absolute Gasteiger partial charge is 0.252 e. The minimum absolute atomic E-state index is 0.418. The maximum absolute atomic E-state index is 12.7. The van der Waals surface area contributed by atoms with Gasteiger partial charge in [0.2, 0.25) is 0 Å². The Bertz CT molecular complexity index is 552. The molecule has 4 nitrogen and oxygen atoms in total. The fourth-order valence-corrected chi connectivity index (χ4v) is 5.63. The maximum atomic E-state index is 12.7. The second-order valence-electron chi connectivity index (χ2n) is 6.01. The SMILES string of the molecule is CCc1ccc(S(=O)(=O)N2CCCC(CNC(C)C)C2)s1. The minimum atomic E-state index is -3.30. The predicted molar refractivity (Wildman–Crippen MR) is 88.3 cm³/mol. The van der Waals surface area contributed by atoms with Gasteiger partial charge in [-0.2, -0.15) is 4.31 Å². The zero-order valence-corrected chi connectivity index (χ0v) is 14.8. The van der Waals surface area contributed by atoms with Crippen molar-refractivity contribution in [2.45, 2.75) is 50.3 Å². The molecule has 1 atom stereocenters. The molecule has 6 heteroatoms. The summed E-state index contributed by atoms with van der Waals surface area (Å²) in [6.45, 7) is 8.48. The van der Waals surface area contributed by atoms with Gasteiger partial charge in [0.25, 0.3) is 10.0 Å². The zero-order chi connectivity index (χ0) is 15.5. The number of hydrogen-bond acceptors (Lipinski definition) is 4. The molecule has 0 amide bonds. The van der Waals surface area contributed by atoms with Gasteiger partial charge in [0.15, 0.2) is 0 Å². The van der Waals surface area contributed by atoms with Gasteiger partial charge < -0.3 is 5.32 Å². The number of rotatable bonds is 6. The summed E-state index contributed by atoms with van der Waals surface area (Å²) in [7, 11) is -3.30. The molecule has 2 rings (SSSR count). The molecule has 0 radical (unpaired) electrons. The number of thiophene rings is 1. The highest BCUT2D eigenvalue weighted by atomic mass is 32.2. The molecule has 1 aromatic rings. The Hall–Kier alpha value is -0.430. The first-order valence-electron chi connectivity index (χ1n) is 7.75. The van der Waals surface area contributed by atoms with Gasteiger partial charge >= 0.3 is 0 Å². The lowest BCUT2D eigenvalue weighted by Crippen LogP contribution is -2.43. The lowest BCUT2D eigenvalue weighted by atomic mass is 9.99. The van der Waals surface area contributed by atoms with Crippen molar-refractivity contribution < 1.29 is 8.42 Å². The topological polar surface area (TPSA) is 49.4 Å². The van der Waals surface area contributed by atoms with Crippen LogP contribution in [0.25, 0.3) is 0 Å². The number of piperidine rings is 1. The number of aryl methyl sites for hydroxylation is 1. The molecule has 1 aliphatic heterocycles. The summed E-state index contributed by atoms with van der Waals surface area (Å²) in [6, 6.07) is 4.13. The highest BCUT2D eigenvalue weighted by molar-refractivity contribution is 7.91. The van der Waals surface area contributed by atoms with Crippen molar-refractivity contribution in [1.82, 2.24) is 9.62 Å². The van der Waals surface area contributed by atoms with Crippen molar-refractivity contribution >= 4 is 21.4 Å². The fourth-order valence-electron chi connectivity index (χ4n) is 2.63. The second-order valence-corrected chi connectivity index (χ2v) is 9.34. The van der Waals surface area contributed by atoms with E-state index >= 15 is 0 Å². The third-order valence-electron chi connectivity index (χ3n) is 3.88. The maximum Gasteiger partial charge on any atom is 0.252 e. The first kappa shape index (κ1) is 16.9. The van der Waals surface area contributed by atoms with E-state index in [0.717, 1.165) is 30.7 Å². The van der Waals surface area contributed by atoms with Crippen LogP contribution in [0.1, 0.15) is 38.5 Å². The Morgan fingerprint density at radius 1 is 1.43 bits per heavy atom. The van der Waals surface area contributed by atoms with Crippen molar-refractivity contribution in [3.63, 3.8) is 0 Å². The van der Waals surface area contributed by atoms with Crippen LogP contribution in [0.5, 0.6) is 0 Å². The first-order valence-corrected chi connectivity index (χ1v) is 10.0. The molecule has 0 saturated carbocycles. The monoisotopic (exact) mass is 330 g/mol. The summed E-state index contributed by atoms with van der Waals surface area (Å²) in [5.41, 5.74) is 0. The quantitative estimate of drug-likeness (QED) is 0.872. The van der Waals surface area contributed by atoms with Gasteiger partial charge in [-0.25, -0.2) is 8.42 Å². The molecule has 2 heterocycles. The number of nitrogens with one attached hydrogen (secondary N) is 1. The Labute approximate surface area is 132 Å². The Balaban J connectivity index is 2.05. The summed E-state index contributed by atoms with van der Waals surface area (Å²) < 4.78 is 27.6. The summed E-state index contributed by atoms with van der Waals surface area (Å²) in [5.74, 6) is 0.418. The Morgan fingerprint density at radius 3 is 2.81 bits per heavy atom. The van der Waals surface area contributed by atoms with Crippen LogP contribution < -0.4 is 5.32 Å². The molecule has 1 aliphatic rings. The van der Waals surface area contributed by atoms with E-state index in [4.69, 9.17) is 0 Å². The minimum Gasteiger partial charge on any atom is -0.314 e. The summed E-state index contributed by atoms with van der Waals surface area (Å²) in [5, 5.41) is 3.42. The van der Waals surface area contributed by atoms with E-state index in [9.17, 15) is 8.42 Å². The van der Waals surface area contributed by atoms with Crippen LogP contribution in [-0.2, 0) is 16.4 Å². The van der Waals surface area contributed by atoms with Gasteiger partial charge in [0.1, 0.15) is 4.21 Å². The molecular weight excluding hydrogens is 304 g/mol. The van der Waals surface area contributed by atoms with Gasteiger partial charge in [0.05, 0.1) is 0 Å². The number of sulfonamides is 1. The van der Waals surface area contributed by atoms with Crippen molar-refractivity contribution in [3.05, 3.63) is 17.0 Å². The Kier molecular flexibility index (Phi) is 5.82. The largest absolute Gasteiger partial charge is 0.314 e. The van der Waals surface area contributed by atoms with E-state index in [1.807, 2.05) is 6.07 Å². The molecule has 1 N–H and O–H groups in total.